The van der Waals surface area contributed by atoms with Crippen LogP contribution in [0.2, 0.25) is 5.02 Å². The van der Waals surface area contributed by atoms with Gasteiger partial charge in [-0.3, -0.25) is 4.90 Å². The van der Waals surface area contributed by atoms with Crippen molar-refractivity contribution in [3.63, 3.8) is 0 Å². The average Bonchev–Trinajstić information content (AvgIpc) is 3.01. The van der Waals surface area contributed by atoms with Crippen LogP contribution in [-0.2, 0) is 6.54 Å². The standard InChI is InChI=1S/C15H23ClN4/c16-14-9-12(10-17)11-18-15(14)20-7-5-19(6-8-20)13-3-1-2-4-13/h9,11,13H,1-8,10,17H2. The van der Waals surface area contributed by atoms with Crippen LogP contribution in [0.5, 0.6) is 0 Å². The summed E-state index contributed by atoms with van der Waals surface area (Å²) in [7, 11) is 0. The van der Waals surface area contributed by atoms with Crippen LogP contribution in [0.15, 0.2) is 12.3 Å². The lowest BCUT2D eigenvalue weighted by Gasteiger charge is -2.38. The Morgan fingerprint density at radius 3 is 2.50 bits per heavy atom. The molecule has 1 aromatic heterocycles. The van der Waals surface area contributed by atoms with E-state index in [4.69, 9.17) is 17.3 Å². The molecule has 0 aromatic carbocycles. The molecule has 0 atom stereocenters. The number of hydrogen-bond acceptors (Lipinski definition) is 4. The molecule has 1 aromatic rings. The van der Waals surface area contributed by atoms with Gasteiger partial charge in [0.25, 0.3) is 0 Å². The third-order valence-corrected chi connectivity index (χ3v) is 4.85. The Hall–Kier alpha value is -0.840. The maximum atomic E-state index is 6.33. The van der Waals surface area contributed by atoms with E-state index in [9.17, 15) is 0 Å². The topological polar surface area (TPSA) is 45.4 Å². The Balaban J connectivity index is 1.62. The molecule has 2 N–H and O–H groups in total. The minimum atomic E-state index is 0.489. The van der Waals surface area contributed by atoms with Crippen molar-refractivity contribution >= 4 is 17.4 Å². The third kappa shape index (κ3) is 2.92. The smallest absolute Gasteiger partial charge is 0.147 e. The van der Waals surface area contributed by atoms with E-state index in [0.29, 0.717) is 6.54 Å². The summed E-state index contributed by atoms with van der Waals surface area (Å²) in [5.74, 6) is 0.912. The number of pyridine rings is 1. The molecule has 2 fully saturated rings. The highest BCUT2D eigenvalue weighted by Gasteiger charge is 2.27. The summed E-state index contributed by atoms with van der Waals surface area (Å²) >= 11 is 6.33. The van der Waals surface area contributed by atoms with Gasteiger partial charge in [0.05, 0.1) is 5.02 Å². The Bertz CT molecular complexity index is 451. The number of rotatable bonds is 3. The number of nitrogens with zero attached hydrogens (tertiary/aromatic N) is 3. The van der Waals surface area contributed by atoms with Gasteiger partial charge in [-0.2, -0.15) is 0 Å². The number of aromatic nitrogens is 1. The molecule has 2 aliphatic rings. The van der Waals surface area contributed by atoms with Crippen molar-refractivity contribution in [3.05, 3.63) is 22.8 Å². The Morgan fingerprint density at radius 2 is 1.90 bits per heavy atom. The molecule has 5 heteroatoms. The first kappa shape index (κ1) is 14.1. The van der Waals surface area contributed by atoms with E-state index in [1.807, 2.05) is 12.3 Å². The predicted molar refractivity (Wildman–Crippen MR) is 83.2 cm³/mol. The van der Waals surface area contributed by atoms with Crippen LogP contribution in [-0.4, -0.2) is 42.1 Å². The molecule has 20 heavy (non-hydrogen) atoms. The molecule has 1 aliphatic heterocycles. The predicted octanol–water partition coefficient (Wildman–Crippen LogP) is 2.26. The van der Waals surface area contributed by atoms with Gasteiger partial charge in [0.1, 0.15) is 5.82 Å². The van der Waals surface area contributed by atoms with E-state index in [-0.39, 0.29) is 0 Å². The summed E-state index contributed by atoms with van der Waals surface area (Å²) in [6.07, 6.45) is 7.40. The summed E-state index contributed by atoms with van der Waals surface area (Å²) in [6.45, 7) is 4.78. The van der Waals surface area contributed by atoms with Gasteiger partial charge < -0.3 is 10.6 Å². The van der Waals surface area contributed by atoms with E-state index in [0.717, 1.165) is 48.6 Å². The fourth-order valence-corrected chi connectivity index (χ4v) is 3.69. The summed E-state index contributed by atoms with van der Waals surface area (Å²) in [5.41, 5.74) is 6.61. The lowest BCUT2D eigenvalue weighted by atomic mass is 10.2. The second kappa shape index (κ2) is 6.29. The first-order valence-electron chi connectivity index (χ1n) is 7.61. The largest absolute Gasteiger partial charge is 0.353 e. The molecular formula is C15H23ClN4. The minimum Gasteiger partial charge on any atom is -0.353 e. The fraction of sp³-hybridized carbons (Fsp3) is 0.667. The Labute approximate surface area is 125 Å². The van der Waals surface area contributed by atoms with Crippen molar-refractivity contribution in [2.75, 3.05) is 31.1 Å². The van der Waals surface area contributed by atoms with E-state index in [1.54, 1.807) is 0 Å². The van der Waals surface area contributed by atoms with Gasteiger partial charge in [-0.25, -0.2) is 4.98 Å². The first-order chi connectivity index (χ1) is 9.78. The van der Waals surface area contributed by atoms with Crippen LogP contribution >= 0.6 is 11.6 Å². The summed E-state index contributed by atoms with van der Waals surface area (Å²) in [5, 5.41) is 0.724. The molecule has 110 valence electrons. The zero-order valence-corrected chi connectivity index (χ0v) is 12.6. The van der Waals surface area contributed by atoms with Crippen molar-refractivity contribution in [1.29, 1.82) is 0 Å². The lowest BCUT2D eigenvalue weighted by Crippen LogP contribution is -2.50. The van der Waals surface area contributed by atoms with Crippen LogP contribution in [0.1, 0.15) is 31.2 Å². The maximum Gasteiger partial charge on any atom is 0.147 e. The van der Waals surface area contributed by atoms with Gasteiger partial charge in [-0.1, -0.05) is 24.4 Å². The number of hydrogen-bond donors (Lipinski definition) is 1. The second-order valence-corrected chi connectivity index (χ2v) is 6.22. The van der Waals surface area contributed by atoms with Gasteiger partial charge in [0, 0.05) is 45.0 Å². The number of nitrogens with two attached hydrogens (primary N) is 1. The molecule has 1 aliphatic carbocycles. The summed E-state index contributed by atoms with van der Waals surface area (Å²) in [4.78, 5) is 9.43. The van der Waals surface area contributed by atoms with Gasteiger partial charge >= 0.3 is 0 Å². The normalized spacial score (nSPS) is 21.6. The molecular weight excluding hydrogens is 272 g/mol. The number of piperazine rings is 1. The molecule has 1 saturated carbocycles. The van der Waals surface area contributed by atoms with Crippen molar-refractivity contribution in [2.45, 2.75) is 38.3 Å². The Kier molecular flexibility index (Phi) is 4.44. The number of anilines is 1. The molecule has 0 spiro atoms. The van der Waals surface area contributed by atoms with Crippen LogP contribution in [0.4, 0.5) is 5.82 Å². The highest BCUT2D eigenvalue weighted by atomic mass is 35.5. The van der Waals surface area contributed by atoms with Crippen LogP contribution in [0.3, 0.4) is 0 Å². The molecule has 0 bridgehead atoms. The molecule has 1 saturated heterocycles. The maximum absolute atomic E-state index is 6.33. The van der Waals surface area contributed by atoms with E-state index in [2.05, 4.69) is 14.8 Å². The zero-order chi connectivity index (χ0) is 13.9. The third-order valence-electron chi connectivity index (χ3n) is 4.57. The van der Waals surface area contributed by atoms with Crippen molar-refractivity contribution in [1.82, 2.24) is 9.88 Å². The van der Waals surface area contributed by atoms with Gasteiger partial charge in [-0.15, -0.1) is 0 Å². The quantitative estimate of drug-likeness (QED) is 0.929. The molecule has 2 heterocycles. The van der Waals surface area contributed by atoms with Crippen molar-refractivity contribution < 1.29 is 0 Å². The van der Waals surface area contributed by atoms with Crippen LogP contribution in [0, 0.1) is 0 Å². The van der Waals surface area contributed by atoms with E-state index < -0.39 is 0 Å². The first-order valence-corrected chi connectivity index (χ1v) is 7.99. The van der Waals surface area contributed by atoms with Gasteiger partial charge in [-0.05, 0) is 24.5 Å². The number of halogens is 1. The highest BCUT2D eigenvalue weighted by molar-refractivity contribution is 6.33. The molecule has 0 amide bonds. The average molecular weight is 295 g/mol. The summed E-state index contributed by atoms with van der Waals surface area (Å²) in [6, 6.07) is 2.76. The fourth-order valence-electron chi connectivity index (χ4n) is 3.38. The van der Waals surface area contributed by atoms with Crippen LogP contribution in [0.25, 0.3) is 0 Å². The molecule has 3 rings (SSSR count). The lowest BCUT2D eigenvalue weighted by molar-refractivity contribution is 0.187. The second-order valence-electron chi connectivity index (χ2n) is 5.81. The SMILES string of the molecule is NCc1cnc(N2CCN(C3CCCC3)CC2)c(Cl)c1. The van der Waals surface area contributed by atoms with E-state index in [1.165, 1.54) is 25.7 Å². The van der Waals surface area contributed by atoms with E-state index >= 15 is 0 Å². The van der Waals surface area contributed by atoms with Gasteiger partial charge in [0.15, 0.2) is 0 Å². The highest BCUT2D eigenvalue weighted by Crippen LogP contribution is 2.28. The van der Waals surface area contributed by atoms with Gasteiger partial charge in [0.2, 0.25) is 0 Å². The van der Waals surface area contributed by atoms with Crippen molar-refractivity contribution in [2.24, 2.45) is 5.73 Å². The van der Waals surface area contributed by atoms with Crippen molar-refractivity contribution in [3.8, 4) is 0 Å². The summed E-state index contributed by atoms with van der Waals surface area (Å²) < 4.78 is 0. The minimum absolute atomic E-state index is 0.489. The van der Waals surface area contributed by atoms with Crippen LogP contribution < -0.4 is 10.6 Å². The molecule has 4 nitrogen and oxygen atoms in total. The monoisotopic (exact) mass is 294 g/mol. The zero-order valence-electron chi connectivity index (χ0n) is 11.9. The molecule has 0 radical (unpaired) electrons. The Morgan fingerprint density at radius 1 is 1.20 bits per heavy atom. The molecule has 0 unspecified atom stereocenters.